The number of carbonyl (C=O) groups is 1. The van der Waals surface area contributed by atoms with Crippen molar-refractivity contribution in [1.82, 2.24) is 0 Å². The first kappa shape index (κ1) is 11.1. The second kappa shape index (κ2) is 4.66. The van der Waals surface area contributed by atoms with Crippen molar-refractivity contribution in [2.75, 3.05) is 6.61 Å². The van der Waals surface area contributed by atoms with E-state index in [0.29, 0.717) is 18.1 Å². The van der Waals surface area contributed by atoms with Gasteiger partial charge in [0.15, 0.2) is 0 Å². The summed E-state index contributed by atoms with van der Waals surface area (Å²) in [6.45, 7) is 2.21. The van der Waals surface area contributed by atoms with Crippen LogP contribution in [0.1, 0.15) is 41.7 Å². The highest BCUT2D eigenvalue weighted by atomic mass is 16.5. The molecule has 0 spiro atoms. The van der Waals surface area contributed by atoms with Crippen molar-refractivity contribution in [3.63, 3.8) is 0 Å². The van der Waals surface area contributed by atoms with Gasteiger partial charge in [-0.2, -0.15) is 0 Å². The maximum absolute atomic E-state index is 11.4. The summed E-state index contributed by atoms with van der Waals surface area (Å²) >= 11 is 0. The van der Waals surface area contributed by atoms with Crippen LogP contribution in [0.3, 0.4) is 0 Å². The molecule has 1 atom stereocenters. The van der Waals surface area contributed by atoms with Crippen molar-refractivity contribution in [2.45, 2.75) is 25.8 Å². The van der Waals surface area contributed by atoms with Crippen molar-refractivity contribution in [3.05, 3.63) is 35.4 Å². The molecule has 0 saturated heterocycles. The van der Waals surface area contributed by atoms with Gasteiger partial charge >= 0.3 is 5.97 Å². The Morgan fingerprint density at radius 3 is 2.56 bits per heavy atom. The van der Waals surface area contributed by atoms with Crippen LogP contribution in [0, 0.1) is 5.92 Å². The molecule has 2 N–H and O–H groups in total. The zero-order chi connectivity index (χ0) is 11.5. The van der Waals surface area contributed by atoms with E-state index in [2.05, 4.69) is 0 Å². The minimum Gasteiger partial charge on any atom is -0.462 e. The summed E-state index contributed by atoms with van der Waals surface area (Å²) < 4.78 is 4.92. The topological polar surface area (TPSA) is 52.3 Å². The molecule has 2 rings (SSSR count). The zero-order valence-electron chi connectivity index (χ0n) is 9.48. The van der Waals surface area contributed by atoms with Crippen LogP contribution in [-0.2, 0) is 4.74 Å². The monoisotopic (exact) mass is 219 g/mol. The summed E-state index contributed by atoms with van der Waals surface area (Å²) in [4.78, 5) is 11.4. The van der Waals surface area contributed by atoms with Gasteiger partial charge in [0.2, 0.25) is 0 Å². The molecule has 1 aromatic rings. The summed E-state index contributed by atoms with van der Waals surface area (Å²) in [5, 5.41) is 0. The Morgan fingerprint density at radius 1 is 1.44 bits per heavy atom. The number of esters is 1. The average Bonchev–Trinajstić information content (AvgIpc) is 3.12. The number of rotatable bonds is 4. The lowest BCUT2D eigenvalue weighted by molar-refractivity contribution is 0.0526. The minimum atomic E-state index is -0.269. The molecule has 1 fully saturated rings. The van der Waals surface area contributed by atoms with Gasteiger partial charge in [0, 0.05) is 6.04 Å². The van der Waals surface area contributed by atoms with Gasteiger partial charge in [-0.3, -0.25) is 0 Å². The summed E-state index contributed by atoms with van der Waals surface area (Å²) in [5.41, 5.74) is 7.77. The van der Waals surface area contributed by atoms with Crippen LogP contribution in [-0.4, -0.2) is 12.6 Å². The fraction of sp³-hybridized carbons (Fsp3) is 0.462. The second-order valence-electron chi connectivity index (χ2n) is 4.21. The predicted molar refractivity (Wildman–Crippen MR) is 62.1 cm³/mol. The maximum atomic E-state index is 11.4. The molecule has 0 heterocycles. The van der Waals surface area contributed by atoms with Crippen LogP contribution in [0.25, 0.3) is 0 Å². The van der Waals surface area contributed by atoms with Crippen LogP contribution in [0.5, 0.6) is 0 Å². The van der Waals surface area contributed by atoms with Gasteiger partial charge in [-0.05, 0) is 43.4 Å². The van der Waals surface area contributed by atoms with E-state index >= 15 is 0 Å². The Bertz CT molecular complexity index is 368. The number of benzene rings is 1. The van der Waals surface area contributed by atoms with Gasteiger partial charge in [0.05, 0.1) is 12.2 Å². The molecule has 1 aliphatic carbocycles. The highest BCUT2D eigenvalue weighted by Gasteiger charge is 2.29. The SMILES string of the molecule is CCOC(=O)c1ccc(C(N)C2CC2)cc1. The van der Waals surface area contributed by atoms with Gasteiger partial charge in [-0.15, -0.1) is 0 Å². The predicted octanol–water partition coefficient (Wildman–Crippen LogP) is 2.27. The Kier molecular flexibility index (Phi) is 3.25. The first-order chi connectivity index (χ1) is 7.72. The van der Waals surface area contributed by atoms with Crippen molar-refractivity contribution in [3.8, 4) is 0 Å². The largest absolute Gasteiger partial charge is 0.462 e. The molecule has 86 valence electrons. The standard InChI is InChI=1S/C13H17NO2/c1-2-16-13(15)11-7-5-10(6-8-11)12(14)9-3-4-9/h5-9,12H,2-4,14H2,1H3. The molecule has 0 aliphatic heterocycles. The smallest absolute Gasteiger partial charge is 0.338 e. The molecule has 0 bridgehead atoms. The van der Waals surface area contributed by atoms with Crippen molar-refractivity contribution in [2.24, 2.45) is 11.7 Å². The molecule has 0 amide bonds. The van der Waals surface area contributed by atoms with Crippen LogP contribution >= 0.6 is 0 Å². The summed E-state index contributed by atoms with van der Waals surface area (Å²) in [6, 6.07) is 7.55. The lowest BCUT2D eigenvalue weighted by atomic mass is 10.0. The van der Waals surface area contributed by atoms with Crippen LogP contribution < -0.4 is 5.73 Å². The van der Waals surface area contributed by atoms with E-state index in [1.807, 2.05) is 12.1 Å². The van der Waals surface area contributed by atoms with E-state index in [1.165, 1.54) is 12.8 Å². The first-order valence-electron chi connectivity index (χ1n) is 5.75. The minimum absolute atomic E-state index is 0.122. The average molecular weight is 219 g/mol. The number of nitrogens with two attached hydrogens (primary N) is 1. The molecule has 1 aliphatic rings. The number of ether oxygens (including phenoxy) is 1. The van der Waals surface area contributed by atoms with Gasteiger partial charge in [0.1, 0.15) is 0 Å². The Morgan fingerprint density at radius 2 is 2.06 bits per heavy atom. The Balaban J connectivity index is 2.06. The Hall–Kier alpha value is -1.35. The molecule has 0 radical (unpaired) electrons. The molecule has 16 heavy (non-hydrogen) atoms. The zero-order valence-corrected chi connectivity index (χ0v) is 9.48. The highest BCUT2D eigenvalue weighted by Crippen LogP contribution is 2.39. The van der Waals surface area contributed by atoms with Gasteiger partial charge < -0.3 is 10.5 Å². The fourth-order valence-electron chi connectivity index (χ4n) is 1.78. The molecule has 3 nitrogen and oxygen atoms in total. The van der Waals surface area contributed by atoms with E-state index in [-0.39, 0.29) is 12.0 Å². The van der Waals surface area contributed by atoms with Crippen LogP contribution in [0.2, 0.25) is 0 Å². The quantitative estimate of drug-likeness (QED) is 0.790. The second-order valence-corrected chi connectivity index (χ2v) is 4.21. The first-order valence-corrected chi connectivity index (χ1v) is 5.75. The third-order valence-electron chi connectivity index (χ3n) is 2.94. The van der Waals surface area contributed by atoms with Crippen molar-refractivity contribution < 1.29 is 9.53 Å². The van der Waals surface area contributed by atoms with Crippen molar-refractivity contribution in [1.29, 1.82) is 0 Å². The van der Waals surface area contributed by atoms with Gasteiger partial charge in [-0.1, -0.05) is 12.1 Å². The molecular weight excluding hydrogens is 202 g/mol. The molecule has 0 aromatic heterocycles. The van der Waals surface area contributed by atoms with E-state index in [4.69, 9.17) is 10.5 Å². The highest BCUT2D eigenvalue weighted by molar-refractivity contribution is 5.89. The Labute approximate surface area is 95.6 Å². The molecule has 1 unspecified atom stereocenters. The normalized spacial score (nSPS) is 16.9. The van der Waals surface area contributed by atoms with Gasteiger partial charge in [-0.25, -0.2) is 4.79 Å². The van der Waals surface area contributed by atoms with Crippen LogP contribution in [0.4, 0.5) is 0 Å². The third kappa shape index (κ3) is 2.42. The maximum Gasteiger partial charge on any atom is 0.338 e. The summed E-state index contributed by atoms with van der Waals surface area (Å²) in [7, 11) is 0. The lowest BCUT2D eigenvalue weighted by Crippen LogP contribution is -2.12. The van der Waals surface area contributed by atoms with Crippen LogP contribution in [0.15, 0.2) is 24.3 Å². The summed E-state index contributed by atoms with van der Waals surface area (Å²) in [6.07, 6.45) is 2.45. The van der Waals surface area contributed by atoms with E-state index in [9.17, 15) is 4.79 Å². The number of hydrogen-bond acceptors (Lipinski definition) is 3. The van der Waals surface area contributed by atoms with E-state index in [0.717, 1.165) is 5.56 Å². The summed E-state index contributed by atoms with van der Waals surface area (Å²) in [5.74, 6) is 0.363. The molecule has 1 saturated carbocycles. The van der Waals surface area contributed by atoms with Gasteiger partial charge in [0.25, 0.3) is 0 Å². The van der Waals surface area contributed by atoms with E-state index in [1.54, 1.807) is 19.1 Å². The number of carbonyl (C=O) groups excluding carboxylic acids is 1. The lowest BCUT2D eigenvalue weighted by Gasteiger charge is -2.10. The molecule has 3 heteroatoms. The molecular formula is C13H17NO2. The molecule has 1 aromatic carbocycles. The van der Waals surface area contributed by atoms with Crippen molar-refractivity contribution >= 4 is 5.97 Å². The number of hydrogen-bond donors (Lipinski definition) is 1. The van der Waals surface area contributed by atoms with E-state index < -0.39 is 0 Å². The fourth-order valence-corrected chi connectivity index (χ4v) is 1.78. The third-order valence-corrected chi connectivity index (χ3v) is 2.94.